The van der Waals surface area contributed by atoms with Crippen molar-refractivity contribution < 1.29 is 32.6 Å². The molecule has 3 heterocycles. The number of carboxylic acids is 1. The van der Waals surface area contributed by atoms with Crippen molar-refractivity contribution >= 4 is 44.3 Å². The highest BCUT2D eigenvalue weighted by molar-refractivity contribution is 8.16. The quantitative estimate of drug-likeness (QED) is 0.722. The minimum atomic E-state index is -3.16. The first-order chi connectivity index (χ1) is 13.8. The van der Waals surface area contributed by atoms with Gasteiger partial charge in [-0.1, -0.05) is 11.8 Å². The number of aliphatic carboxylic acids is 1. The molecule has 2 saturated heterocycles. The monoisotopic (exact) mass is 440 g/mol. The van der Waals surface area contributed by atoms with Crippen molar-refractivity contribution in [3.05, 3.63) is 18.2 Å². The summed E-state index contributed by atoms with van der Waals surface area (Å²) in [5.74, 6) is -0.167. The highest BCUT2D eigenvalue weighted by atomic mass is 32.2. The second-order valence-electron chi connectivity index (χ2n) is 7.03. The molecule has 11 heteroatoms. The molecule has 3 aliphatic rings. The molecule has 0 bridgehead atoms. The molecule has 2 fully saturated rings. The zero-order valence-corrected chi connectivity index (χ0v) is 17.1. The Hall–Kier alpha value is -2.27. The van der Waals surface area contributed by atoms with Gasteiger partial charge < -0.3 is 19.5 Å². The fourth-order valence-corrected chi connectivity index (χ4v) is 7.53. The Labute approximate surface area is 172 Å². The lowest BCUT2D eigenvalue weighted by Gasteiger charge is -2.26. The van der Waals surface area contributed by atoms with Crippen molar-refractivity contribution in [1.82, 2.24) is 0 Å². The maximum atomic E-state index is 12.3. The fourth-order valence-electron chi connectivity index (χ4n) is 3.60. The van der Waals surface area contributed by atoms with E-state index in [0.717, 1.165) is 0 Å². The molecule has 1 aromatic rings. The summed E-state index contributed by atoms with van der Waals surface area (Å²) in [7, 11) is -3.16. The van der Waals surface area contributed by atoms with Crippen LogP contribution in [0, 0.1) is 0 Å². The Balaban J connectivity index is 1.62. The number of amides is 1. The number of carbonyl (C=O) groups is 2. The lowest BCUT2D eigenvalue weighted by Crippen LogP contribution is -2.37. The van der Waals surface area contributed by atoms with Crippen LogP contribution in [0.2, 0.25) is 0 Å². The lowest BCUT2D eigenvalue weighted by atomic mass is 10.2. The number of carboxylic acid groups (broad SMARTS) is 1. The van der Waals surface area contributed by atoms with E-state index in [1.54, 1.807) is 23.1 Å². The van der Waals surface area contributed by atoms with Gasteiger partial charge in [-0.05, 0) is 18.6 Å². The van der Waals surface area contributed by atoms with Gasteiger partial charge in [-0.15, -0.1) is 0 Å². The second-order valence-corrected chi connectivity index (χ2v) is 10.4. The molecule has 1 aromatic carbocycles. The third-order valence-corrected chi connectivity index (χ3v) is 8.08. The van der Waals surface area contributed by atoms with E-state index < -0.39 is 21.7 Å². The molecule has 3 aliphatic heterocycles. The van der Waals surface area contributed by atoms with Crippen LogP contribution in [-0.2, 0) is 19.4 Å². The number of hydrogen-bond donors (Lipinski definition) is 1. The van der Waals surface area contributed by atoms with Crippen molar-refractivity contribution in [3.63, 3.8) is 0 Å². The standard InChI is InChI=1S/C18H20N2O7S2/c21-16(2-1-3-17(22)23)19-18-20(12-9-29(24,25)10-15(12)28-18)11-4-5-13-14(8-11)27-7-6-26-13/h4-5,8,12,15H,1-3,6-7,9-10H2,(H,22,23). The van der Waals surface area contributed by atoms with E-state index in [1.165, 1.54) is 11.8 Å². The summed E-state index contributed by atoms with van der Waals surface area (Å²) in [6.07, 6.45) is 0.138. The Kier molecular flexibility index (Phi) is 5.43. The number of amidine groups is 1. The number of fused-ring (bicyclic) bond motifs is 2. The van der Waals surface area contributed by atoms with Crippen molar-refractivity contribution in [1.29, 1.82) is 0 Å². The van der Waals surface area contributed by atoms with Gasteiger partial charge in [-0.25, -0.2) is 8.42 Å². The number of ether oxygens (including phenoxy) is 2. The van der Waals surface area contributed by atoms with E-state index in [2.05, 4.69) is 4.99 Å². The van der Waals surface area contributed by atoms with Crippen LogP contribution >= 0.6 is 11.8 Å². The van der Waals surface area contributed by atoms with Crippen molar-refractivity contribution in [2.24, 2.45) is 4.99 Å². The zero-order valence-electron chi connectivity index (χ0n) is 15.4. The molecular weight excluding hydrogens is 420 g/mol. The number of carbonyl (C=O) groups excluding carboxylic acids is 1. The molecular formula is C18H20N2O7S2. The van der Waals surface area contributed by atoms with E-state index >= 15 is 0 Å². The summed E-state index contributed by atoms with van der Waals surface area (Å²) < 4.78 is 35.4. The van der Waals surface area contributed by atoms with Crippen molar-refractivity contribution in [2.45, 2.75) is 30.6 Å². The molecule has 9 nitrogen and oxygen atoms in total. The molecule has 2 atom stereocenters. The van der Waals surface area contributed by atoms with Gasteiger partial charge in [0.2, 0.25) is 5.91 Å². The number of hydrogen-bond acceptors (Lipinski definition) is 7. The summed E-state index contributed by atoms with van der Waals surface area (Å²) in [6.45, 7) is 0.890. The van der Waals surface area contributed by atoms with Crippen LogP contribution in [0.3, 0.4) is 0 Å². The molecule has 0 aromatic heterocycles. The van der Waals surface area contributed by atoms with Gasteiger partial charge in [0, 0.05) is 29.8 Å². The molecule has 1 amide bonds. The van der Waals surface area contributed by atoms with Gasteiger partial charge in [0.25, 0.3) is 0 Å². The average Bonchev–Trinajstić information content (AvgIpc) is 3.11. The fraction of sp³-hybridized carbons (Fsp3) is 0.500. The maximum Gasteiger partial charge on any atom is 0.303 e. The maximum absolute atomic E-state index is 12.3. The predicted octanol–water partition coefficient (Wildman–Crippen LogP) is 1.31. The number of sulfone groups is 1. The van der Waals surface area contributed by atoms with E-state index in [9.17, 15) is 18.0 Å². The average molecular weight is 440 g/mol. The molecule has 0 saturated carbocycles. The predicted molar refractivity (Wildman–Crippen MR) is 108 cm³/mol. The smallest absolute Gasteiger partial charge is 0.303 e. The van der Waals surface area contributed by atoms with E-state index in [-0.39, 0.29) is 42.1 Å². The van der Waals surface area contributed by atoms with Gasteiger partial charge in [0.05, 0.1) is 17.5 Å². The topological polar surface area (TPSA) is 123 Å². The highest BCUT2D eigenvalue weighted by Crippen LogP contribution is 2.43. The van der Waals surface area contributed by atoms with Crippen LogP contribution < -0.4 is 14.4 Å². The number of anilines is 1. The first-order valence-electron chi connectivity index (χ1n) is 9.22. The zero-order chi connectivity index (χ0) is 20.6. The third-order valence-electron chi connectivity index (χ3n) is 4.87. The Morgan fingerprint density at radius 1 is 1.17 bits per heavy atom. The Morgan fingerprint density at radius 2 is 1.93 bits per heavy atom. The molecule has 0 radical (unpaired) electrons. The van der Waals surface area contributed by atoms with Crippen LogP contribution in [0.5, 0.6) is 11.5 Å². The van der Waals surface area contributed by atoms with Crippen LogP contribution in [-0.4, -0.2) is 66.6 Å². The van der Waals surface area contributed by atoms with Gasteiger partial charge >= 0.3 is 5.97 Å². The molecule has 29 heavy (non-hydrogen) atoms. The van der Waals surface area contributed by atoms with Gasteiger partial charge in [0.1, 0.15) is 13.2 Å². The number of nitrogens with zero attached hydrogens (tertiary/aromatic N) is 2. The molecule has 2 unspecified atom stereocenters. The van der Waals surface area contributed by atoms with Gasteiger partial charge in [-0.2, -0.15) is 4.99 Å². The first kappa shape index (κ1) is 20.0. The lowest BCUT2D eigenvalue weighted by molar-refractivity contribution is -0.137. The number of aliphatic imine (C=N–C) groups is 1. The minimum Gasteiger partial charge on any atom is -0.486 e. The summed E-state index contributed by atoms with van der Waals surface area (Å²) in [5, 5.41) is 8.95. The Bertz CT molecular complexity index is 976. The van der Waals surface area contributed by atoms with Gasteiger partial charge in [-0.3, -0.25) is 9.59 Å². The third kappa shape index (κ3) is 4.35. The van der Waals surface area contributed by atoms with Crippen LogP contribution in [0.15, 0.2) is 23.2 Å². The largest absolute Gasteiger partial charge is 0.486 e. The van der Waals surface area contributed by atoms with Crippen molar-refractivity contribution in [2.75, 3.05) is 29.6 Å². The minimum absolute atomic E-state index is 0.00860. The van der Waals surface area contributed by atoms with Crippen LogP contribution in [0.25, 0.3) is 0 Å². The van der Waals surface area contributed by atoms with Crippen molar-refractivity contribution in [3.8, 4) is 11.5 Å². The summed E-state index contributed by atoms with van der Waals surface area (Å²) >= 11 is 1.28. The molecule has 156 valence electrons. The van der Waals surface area contributed by atoms with E-state index in [1.807, 2.05) is 0 Å². The normalized spacial score (nSPS) is 25.8. The van der Waals surface area contributed by atoms with Gasteiger partial charge in [0.15, 0.2) is 26.5 Å². The summed E-state index contributed by atoms with van der Waals surface area (Å²) in [5.41, 5.74) is 0.684. The second kappa shape index (κ2) is 7.86. The molecule has 4 rings (SSSR count). The molecule has 0 spiro atoms. The highest BCUT2D eigenvalue weighted by Gasteiger charge is 2.49. The summed E-state index contributed by atoms with van der Waals surface area (Å²) in [6, 6.07) is 5.01. The summed E-state index contributed by atoms with van der Waals surface area (Å²) in [4.78, 5) is 28.9. The first-order valence-corrected chi connectivity index (χ1v) is 11.9. The molecule has 1 N–H and O–H groups in total. The Morgan fingerprint density at radius 3 is 2.69 bits per heavy atom. The van der Waals surface area contributed by atoms with Crippen LogP contribution in [0.1, 0.15) is 19.3 Å². The SMILES string of the molecule is O=C(O)CCCC(=O)N=C1SC2CS(=O)(=O)CC2N1c1ccc2c(c1)OCCO2. The van der Waals surface area contributed by atoms with E-state index in [4.69, 9.17) is 14.6 Å². The number of thioether (sulfide) groups is 1. The number of benzene rings is 1. The van der Waals surface area contributed by atoms with Crippen LogP contribution in [0.4, 0.5) is 5.69 Å². The number of rotatable bonds is 5. The molecule has 0 aliphatic carbocycles. The van der Waals surface area contributed by atoms with E-state index in [0.29, 0.717) is 35.6 Å².